The lowest BCUT2D eigenvalue weighted by atomic mass is 10.2. The Hall–Kier alpha value is -2.05. The van der Waals surface area contributed by atoms with Gasteiger partial charge in [-0.15, -0.1) is 11.8 Å². The maximum absolute atomic E-state index is 12.1. The molecule has 0 atom stereocenters. The molecule has 1 aromatic carbocycles. The van der Waals surface area contributed by atoms with E-state index in [1.54, 1.807) is 36.7 Å². The fourth-order valence-corrected chi connectivity index (χ4v) is 2.49. The van der Waals surface area contributed by atoms with Crippen LogP contribution in [0.1, 0.15) is 16.8 Å². The van der Waals surface area contributed by atoms with E-state index in [2.05, 4.69) is 15.6 Å². The summed E-state index contributed by atoms with van der Waals surface area (Å²) in [4.78, 5) is 28.7. The number of nitrogens with one attached hydrogen (secondary N) is 2. The molecule has 0 aliphatic carbocycles. The molecule has 0 saturated heterocycles. The maximum Gasteiger partial charge on any atom is 0.252 e. The molecule has 0 unspecified atom stereocenters. The minimum atomic E-state index is -0.289. The average Bonchev–Trinajstić information content (AvgIpc) is 2.56. The molecule has 0 saturated carbocycles. The topological polar surface area (TPSA) is 71.1 Å². The third-order valence-corrected chi connectivity index (χ3v) is 4.07. The van der Waals surface area contributed by atoms with E-state index in [0.717, 1.165) is 4.90 Å². The zero-order valence-corrected chi connectivity index (χ0v) is 14.1. The van der Waals surface area contributed by atoms with E-state index in [9.17, 15) is 9.59 Å². The molecule has 2 N–H and O–H groups in total. The molecule has 1 heterocycles. The lowest BCUT2D eigenvalue weighted by molar-refractivity contribution is -0.116. The Bertz CT molecular complexity index is 695. The van der Waals surface area contributed by atoms with Crippen LogP contribution in [-0.2, 0) is 4.79 Å². The highest BCUT2D eigenvalue weighted by atomic mass is 35.5. The number of aromatic nitrogens is 1. The quantitative estimate of drug-likeness (QED) is 0.785. The molecule has 2 rings (SSSR count). The number of pyridine rings is 1. The predicted molar refractivity (Wildman–Crippen MR) is 93.0 cm³/mol. The molecule has 1 aromatic heterocycles. The summed E-state index contributed by atoms with van der Waals surface area (Å²) in [6.07, 6.45) is 5.29. The molecule has 23 heavy (non-hydrogen) atoms. The summed E-state index contributed by atoms with van der Waals surface area (Å²) >= 11 is 7.57. The molecule has 2 aromatic rings. The van der Waals surface area contributed by atoms with Gasteiger partial charge >= 0.3 is 0 Å². The van der Waals surface area contributed by atoms with Crippen LogP contribution in [0.3, 0.4) is 0 Å². The van der Waals surface area contributed by atoms with Crippen molar-refractivity contribution in [2.75, 3.05) is 18.1 Å². The molecule has 0 aliphatic rings. The van der Waals surface area contributed by atoms with Gasteiger partial charge in [0.15, 0.2) is 0 Å². The normalized spacial score (nSPS) is 10.2. The molecule has 0 bridgehead atoms. The van der Waals surface area contributed by atoms with E-state index in [1.807, 2.05) is 12.3 Å². The van der Waals surface area contributed by atoms with Gasteiger partial charge in [-0.25, -0.2) is 0 Å². The lowest BCUT2D eigenvalue weighted by Gasteiger charge is -2.08. The number of hydrogen-bond donors (Lipinski definition) is 2. The summed E-state index contributed by atoms with van der Waals surface area (Å²) < 4.78 is 0. The maximum atomic E-state index is 12.1. The van der Waals surface area contributed by atoms with E-state index in [1.165, 1.54) is 11.8 Å². The highest BCUT2D eigenvalue weighted by Gasteiger charge is 2.11. The van der Waals surface area contributed by atoms with Gasteiger partial charge in [-0.1, -0.05) is 11.6 Å². The molecular weight excluding hydrogens is 334 g/mol. The van der Waals surface area contributed by atoms with Gasteiger partial charge < -0.3 is 10.6 Å². The van der Waals surface area contributed by atoms with E-state index < -0.39 is 0 Å². The first-order valence-corrected chi connectivity index (χ1v) is 8.52. The Kier molecular flexibility index (Phi) is 6.43. The smallest absolute Gasteiger partial charge is 0.252 e. The number of thioether (sulfide) groups is 1. The zero-order valence-electron chi connectivity index (χ0n) is 12.5. The Morgan fingerprint density at radius 1 is 1.22 bits per heavy atom. The highest BCUT2D eigenvalue weighted by Crippen LogP contribution is 2.22. The van der Waals surface area contributed by atoms with Gasteiger partial charge in [0.25, 0.3) is 5.91 Å². The second-order valence-corrected chi connectivity index (χ2v) is 5.92. The second-order valence-electron chi connectivity index (χ2n) is 4.64. The number of nitrogens with zero attached hydrogens (tertiary/aromatic N) is 1. The van der Waals surface area contributed by atoms with E-state index in [0.29, 0.717) is 16.3 Å². The van der Waals surface area contributed by atoms with Gasteiger partial charge in [-0.05, 0) is 36.6 Å². The van der Waals surface area contributed by atoms with Crippen molar-refractivity contribution in [2.24, 2.45) is 0 Å². The van der Waals surface area contributed by atoms with E-state index in [4.69, 9.17) is 11.6 Å². The van der Waals surface area contributed by atoms with Crippen molar-refractivity contribution in [2.45, 2.75) is 11.3 Å². The SMILES string of the molecule is CSc1ccc(Cl)c(C(=O)NCCC(=O)Nc2ccncc2)c1. The summed E-state index contributed by atoms with van der Waals surface area (Å²) in [5.41, 5.74) is 1.08. The van der Waals surface area contributed by atoms with E-state index >= 15 is 0 Å². The van der Waals surface area contributed by atoms with Crippen LogP contribution < -0.4 is 10.6 Å². The minimum Gasteiger partial charge on any atom is -0.351 e. The third kappa shape index (κ3) is 5.26. The summed E-state index contributed by atoms with van der Waals surface area (Å²) in [6, 6.07) is 8.68. The number of carbonyl (C=O) groups excluding carboxylic acids is 2. The number of anilines is 1. The summed E-state index contributed by atoms with van der Waals surface area (Å²) in [6.45, 7) is 0.232. The van der Waals surface area contributed by atoms with Crippen LogP contribution in [0.4, 0.5) is 5.69 Å². The molecule has 0 aliphatic heterocycles. The fraction of sp³-hybridized carbons (Fsp3) is 0.188. The number of amides is 2. The molecule has 7 heteroatoms. The molecule has 2 amide bonds. The van der Waals surface area contributed by atoms with Crippen molar-refractivity contribution in [3.8, 4) is 0 Å². The van der Waals surface area contributed by atoms with Crippen molar-refractivity contribution < 1.29 is 9.59 Å². The predicted octanol–water partition coefficient (Wildman–Crippen LogP) is 3.22. The average molecular weight is 350 g/mol. The second kappa shape index (κ2) is 8.55. The van der Waals surface area contributed by atoms with Gasteiger partial charge in [0, 0.05) is 35.9 Å². The monoisotopic (exact) mass is 349 g/mol. The Morgan fingerprint density at radius 2 is 1.96 bits per heavy atom. The number of hydrogen-bond acceptors (Lipinski definition) is 4. The van der Waals surface area contributed by atoms with Crippen LogP contribution >= 0.6 is 23.4 Å². The lowest BCUT2D eigenvalue weighted by Crippen LogP contribution is -2.27. The number of carbonyl (C=O) groups is 2. The molecule has 0 spiro atoms. The standard InChI is InChI=1S/C16H16ClN3O2S/c1-23-12-2-3-14(17)13(10-12)16(22)19-9-6-15(21)20-11-4-7-18-8-5-11/h2-5,7-8,10H,6,9H2,1H3,(H,19,22)(H,18,20,21). The summed E-state index contributed by atoms with van der Waals surface area (Å²) in [5.74, 6) is -0.469. The van der Waals surface area contributed by atoms with Gasteiger partial charge in [0.2, 0.25) is 5.91 Å². The zero-order chi connectivity index (χ0) is 16.7. The molecule has 5 nitrogen and oxygen atoms in total. The largest absolute Gasteiger partial charge is 0.351 e. The molecule has 120 valence electrons. The molecular formula is C16H16ClN3O2S. The first-order valence-electron chi connectivity index (χ1n) is 6.92. The van der Waals surface area contributed by atoms with Crippen LogP contribution in [0.5, 0.6) is 0 Å². The Morgan fingerprint density at radius 3 is 2.65 bits per heavy atom. The molecule has 0 radical (unpaired) electrons. The van der Waals surface area contributed by atoms with Gasteiger partial charge in [0.1, 0.15) is 0 Å². The van der Waals surface area contributed by atoms with Crippen LogP contribution in [-0.4, -0.2) is 29.6 Å². The number of rotatable bonds is 6. The number of benzene rings is 1. The van der Waals surface area contributed by atoms with Crippen LogP contribution in [0, 0.1) is 0 Å². The van der Waals surface area contributed by atoms with E-state index in [-0.39, 0.29) is 24.8 Å². The first-order chi connectivity index (χ1) is 11.1. The molecule has 0 fully saturated rings. The fourth-order valence-electron chi connectivity index (χ4n) is 1.85. The minimum absolute atomic E-state index is 0.175. The van der Waals surface area contributed by atoms with Crippen LogP contribution in [0.15, 0.2) is 47.6 Å². The first kappa shape index (κ1) is 17.3. The van der Waals surface area contributed by atoms with Crippen molar-refractivity contribution in [1.82, 2.24) is 10.3 Å². The van der Waals surface area contributed by atoms with Crippen molar-refractivity contribution in [3.63, 3.8) is 0 Å². The van der Waals surface area contributed by atoms with Gasteiger partial charge in [-0.3, -0.25) is 14.6 Å². The summed E-state index contributed by atoms with van der Waals surface area (Å²) in [7, 11) is 0. The number of halogens is 1. The van der Waals surface area contributed by atoms with Gasteiger partial charge in [-0.2, -0.15) is 0 Å². The Labute approximate surface area is 143 Å². The Balaban J connectivity index is 1.84. The van der Waals surface area contributed by atoms with Crippen molar-refractivity contribution in [3.05, 3.63) is 53.3 Å². The van der Waals surface area contributed by atoms with Crippen LogP contribution in [0.2, 0.25) is 5.02 Å². The van der Waals surface area contributed by atoms with Gasteiger partial charge in [0.05, 0.1) is 10.6 Å². The van der Waals surface area contributed by atoms with Crippen molar-refractivity contribution in [1.29, 1.82) is 0 Å². The highest BCUT2D eigenvalue weighted by molar-refractivity contribution is 7.98. The van der Waals surface area contributed by atoms with Crippen LogP contribution in [0.25, 0.3) is 0 Å². The third-order valence-electron chi connectivity index (χ3n) is 3.02. The summed E-state index contributed by atoms with van der Waals surface area (Å²) in [5, 5.41) is 5.82. The van der Waals surface area contributed by atoms with Crippen molar-refractivity contribution >= 4 is 40.9 Å².